The third kappa shape index (κ3) is 2.84. The van der Waals surface area contributed by atoms with E-state index in [4.69, 9.17) is 14.6 Å². The molecule has 3 rings (SSSR count). The van der Waals surface area contributed by atoms with Gasteiger partial charge in [-0.25, -0.2) is 4.79 Å². The number of ether oxygens (including phenoxy) is 2. The van der Waals surface area contributed by atoms with Crippen molar-refractivity contribution in [2.45, 2.75) is 25.0 Å². The summed E-state index contributed by atoms with van der Waals surface area (Å²) in [6.07, 6.45) is 0.707. The van der Waals surface area contributed by atoms with Gasteiger partial charge in [-0.1, -0.05) is 6.07 Å². The SMILES string of the molecule is CC1CN(C(=O)c2cccc(C(=O)O)c2)CC2(CCOC2)O1. The standard InChI is InChI=1S/C16H19NO5/c1-11-8-17(9-16(22-11)5-6-21-10-16)14(18)12-3-2-4-13(7-12)15(19)20/h2-4,7,11H,5-6,8-10H2,1H3,(H,19,20). The smallest absolute Gasteiger partial charge is 0.335 e. The summed E-state index contributed by atoms with van der Waals surface area (Å²) in [5.41, 5.74) is 0.0895. The molecule has 0 radical (unpaired) electrons. The predicted molar refractivity (Wildman–Crippen MR) is 78.0 cm³/mol. The van der Waals surface area contributed by atoms with Gasteiger partial charge in [0.05, 0.1) is 24.8 Å². The number of amides is 1. The maximum atomic E-state index is 12.7. The van der Waals surface area contributed by atoms with Gasteiger partial charge < -0.3 is 19.5 Å². The molecule has 0 bridgehead atoms. The molecule has 2 unspecified atom stereocenters. The molecule has 2 atom stereocenters. The van der Waals surface area contributed by atoms with E-state index in [1.54, 1.807) is 17.0 Å². The van der Waals surface area contributed by atoms with Gasteiger partial charge in [-0.2, -0.15) is 0 Å². The lowest BCUT2D eigenvalue weighted by atomic mass is 9.98. The van der Waals surface area contributed by atoms with Crippen LogP contribution in [0.1, 0.15) is 34.1 Å². The van der Waals surface area contributed by atoms with Crippen molar-refractivity contribution in [1.82, 2.24) is 4.90 Å². The highest BCUT2D eigenvalue weighted by molar-refractivity contribution is 5.97. The summed E-state index contributed by atoms with van der Waals surface area (Å²) in [4.78, 5) is 25.5. The zero-order chi connectivity index (χ0) is 15.7. The molecule has 0 aromatic heterocycles. The number of rotatable bonds is 2. The molecule has 1 N–H and O–H groups in total. The number of morpholine rings is 1. The molecule has 1 aromatic carbocycles. The van der Waals surface area contributed by atoms with E-state index in [-0.39, 0.29) is 17.6 Å². The van der Waals surface area contributed by atoms with Crippen LogP contribution in [0.2, 0.25) is 0 Å². The summed E-state index contributed by atoms with van der Waals surface area (Å²) in [5.74, 6) is -1.20. The monoisotopic (exact) mass is 305 g/mol. The Hall–Kier alpha value is -1.92. The van der Waals surface area contributed by atoms with Crippen molar-refractivity contribution in [3.8, 4) is 0 Å². The number of carbonyl (C=O) groups is 2. The Bertz CT molecular complexity index is 594. The molecule has 22 heavy (non-hydrogen) atoms. The second-order valence-corrected chi connectivity index (χ2v) is 5.99. The highest BCUT2D eigenvalue weighted by Crippen LogP contribution is 2.30. The van der Waals surface area contributed by atoms with Gasteiger partial charge in [0.25, 0.3) is 5.91 Å². The maximum absolute atomic E-state index is 12.7. The van der Waals surface area contributed by atoms with Gasteiger partial charge in [0.1, 0.15) is 5.60 Å². The number of carbonyl (C=O) groups excluding carboxylic acids is 1. The molecule has 2 saturated heterocycles. The number of hydrogen-bond acceptors (Lipinski definition) is 4. The van der Waals surface area contributed by atoms with E-state index in [9.17, 15) is 9.59 Å². The molecular formula is C16H19NO5. The third-order valence-electron chi connectivity index (χ3n) is 4.12. The Labute approximate surface area is 128 Å². The molecule has 2 aliphatic heterocycles. The molecule has 2 heterocycles. The van der Waals surface area contributed by atoms with Crippen molar-refractivity contribution in [2.24, 2.45) is 0 Å². The van der Waals surface area contributed by atoms with Crippen molar-refractivity contribution >= 4 is 11.9 Å². The first-order chi connectivity index (χ1) is 10.5. The predicted octanol–water partition coefficient (Wildman–Crippen LogP) is 1.40. The van der Waals surface area contributed by atoms with E-state index in [1.165, 1.54) is 12.1 Å². The Morgan fingerprint density at radius 1 is 1.36 bits per heavy atom. The lowest BCUT2D eigenvalue weighted by Crippen LogP contribution is -2.57. The van der Waals surface area contributed by atoms with E-state index in [0.717, 1.165) is 6.42 Å². The minimum absolute atomic E-state index is 0.0675. The molecule has 2 fully saturated rings. The Kier molecular flexibility index (Phi) is 3.88. The van der Waals surface area contributed by atoms with Crippen molar-refractivity contribution in [2.75, 3.05) is 26.3 Å². The van der Waals surface area contributed by atoms with Gasteiger partial charge >= 0.3 is 5.97 Å². The summed E-state index contributed by atoms with van der Waals surface area (Å²) in [6, 6.07) is 6.14. The zero-order valence-electron chi connectivity index (χ0n) is 12.4. The van der Waals surface area contributed by atoms with Gasteiger partial charge in [0.15, 0.2) is 0 Å². The first kappa shape index (κ1) is 15.0. The fourth-order valence-corrected chi connectivity index (χ4v) is 3.15. The second-order valence-electron chi connectivity index (χ2n) is 5.99. The molecule has 118 valence electrons. The van der Waals surface area contributed by atoms with Gasteiger partial charge in [-0.05, 0) is 25.1 Å². The largest absolute Gasteiger partial charge is 0.478 e. The summed E-state index contributed by atoms with van der Waals surface area (Å²) in [7, 11) is 0. The van der Waals surface area contributed by atoms with Crippen molar-refractivity contribution in [1.29, 1.82) is 0 Å². The van der Waals surface area contributed by atoms with E-state index in [1.807, 2.05) is 6.92 Å². The maximum Gasteiger partial charge on any atom is 0.335 e. The lowest BCUT2D eigenvalue weighted by Gasteiger charge is -2.42. The van der Waals surface area contributed by atoms with Crippen LogP contribution in [0.5, 0.6) is 0 Å². The summed E-state index contributed by atoms with van der Waals surface area (Å²) >= 11 is 0. The van der Waals surface area contributed by atoms with Gasteiger partial charge in [0, 0.05) is 25.1 Å². The van der Waals surface area contributed by atoms with Crippen LogP contribution in [0.3, 0.4) is 0 Å². The van der Waals surface area contributed by atoms with Crippen LogP contribution in [0.15, 0.2) is 24.3 Å². The number of carboxylic acids is 1. The van der Waals surface area contributed by atoms with Crippen molar-refractivity contribution < 1.29 is 24.2 Å². The molecule has 0 saturated carbocycles. The molecule has 2 aliphatic rings. The average molecular weight is 305 g/mol. The fourth-order valence-electron chi connectivity index (χ4n) is 3.15. The van der Waals surface area contributed by atoms with Crippen LogP contribution in [0.4, 0.5) is 0 Å². The first-order valence-electron chi connectivity index (χ1n) is 7.37. The first-order valence-corrected chi connectivity index (χ1v) is 7.37. The number of benzene rings is 1. The summed E-state index contributed by atoms with van der Waals surface area (Å²) < 4.78 is 11.4. The average Bonchev–Trinajstić information content (AvgIpc) is 2.93. The highest BCUT2D eigenvalue weighted by atomic mass is 16.6. The number of nitrogens with zero attached hydrogens (tertiary/aromatic N) is 1. The number of hydrogen-bond donors (Lipinski definition) is 1. The van der Waals surface area contributed by atoms with Crippen molar-refractivity contribution in [3.63, 3.8) is 0 Å². The third-order valence-corrected chi connectivity index (χ3v) is 4.12. The van der Waals surface area contributed by atoms with Gasteiger partial charge in [-0.3, -0.25) is 4.79 Å². The fraction of sp³-hybridized carbons (Fsp3) is 0.500. The van der Waals surface area contributed by atoms with Gasteiger partial charge in [0.2, 0.25) is 0 Å². The lowest BCUT2D eigenvalue weighted by molar-refractivity contribution is -0.138. The Morgan fingerprint density at radius 2 is 2.14 bits per heavy atom. The molecule has 1 amide bonds. The van der Waals surface area contributed by atoms with E-state index in [0.29, 0.717) is 31.9 Å². The number of aromatic carboxylic acids is 1. The minimum Gasteiger partial charge on any atom is -0.478 e. The molecule has 1 aromatic rings. The number of carboxylic acid groups (broad SMARTS) is 1. The summed E-state index contributed by atoms with van der Waals surface area (Å²) in [6.45, 7) is 4.05. The molecule has 6 heteroatoms. The van der Waals surface area contributed by atoms with Crippen LogP contribution >= 0.6 is 0 Å². The Morgan fingerprint density at radius 3 is 2.82 bits per heavy atom. The van der Waals surface area contributed by atoms with Crippen LogP contribution in [-0.2, 0) is 9.47 Å². The van der Waals surface area contributed by atoms with Crippen LogP contribution in [-0.4, -0.2) is 59.9 Å². The Balaban J connectivity index is 1.82. The van der Waals surface area contributed by atoms with Crippen LogP contribution in [0.25, 0.3) is 0 Å². The molecular weight excluding hydrogens is 286 g/mol. The molecule has 0 aliphatic carbocycles. The van der Waals surface area contributed by atoms with E-state index in [2.05, 4.69) is 0 Å². The van der Waals surface area contributed by atoms with Crippen LogP contribution in [0, 0.1) is 0 Å². The quantitative estimate of drug-likeness (QED) is 0.894. The molecule has 1 spiro atoms. The van der Waals surface area contributed by atoms with E-state index < -0.39 is 11.6 Å². The van der Waals surface area contributed by atoms with E-state index >= 15 is 0 Å². The minimum atomic E-state index is -1.04. The summed E-state index contributed by atoms with van der Waals surface area (Å²) in [5, 5.41) is 9.05. The normalized spacial score (nSPS) is 28.0. The van der Waals surface area contributed by atoms with Crippen LogP contribution < -0.4 is 0 Å². The van der Waals surface area contributed by atoms with Gasteiger partial charge in [-0.15, -0.1) is 0 Å². The highest BCUT2D eigenvalue weighted by Gasteiger charge is 2.44. The zero-order valence-corrected chi connectivity index (χ0v) is 12.4. The molecule has 6 nitrogen and oxygen atoms in total. The second kappa shape index (κ2) is 5.70. The topological polar surface area (TPSA) is 76.1 Å². The van der Waals surface area contributed by atoms with Crippen molar-refractivity contribution in [3.05, 3.63) is 35.4 Å².